The summed E-state index contributed by atoms with van der Waals surface area (Å²) in [6.07, 6.45) is 9.23. The lowest BCUT2D eigenvalue weighted by molar-refractivity contribution is 0.462. The summed E-state index contributed by atoms with van der Waals surface area (Å²) in [7, 11) is 7.61. The van der Waals surface area contributed by atoms with Crippen LogP contribution < -0.4 is 20.9 Å². The number of nitrogen functional groups attached to an aromatic ring is 1. The van der Waals surface area contributed by atoms with Crippen molar-refractivity contribution in [1.82, 2.24) is 19.9 Å². The Morgan fingerprint density at radius 3 is 1.93 bits per heavy atom. The van der Waals surface area contributed by atoms with Crippen LogP contribution in [-0.2, 0) is 0 Å². The third-order valence-corrected chi connectivity index (χ3v) is 4.98. The van der Waals surface area contributed by atoms with E-state index in [2.05, 4.69) is 25.3 Å². The van der Waals surface area contributed by atoms with Crippen LogP contribution in [0.15, 0.2) is 12.7 Å². The smallest absolute Gasteiger partial charge is 0.157 e. The maximum atomic E-state index is 6.15. The van der Waals surface area contributed by atoms with E-state index in [9.17, 15) is 0 Å². The molecule has 1 aliphatic rings. The third kappa shape index (κ3) is 5.97. The highest BCUT2D eigenvalue weighted by Gasteiger charge is 2.18. The Morgan fingerprint density at radius 1 is 0.857 bits per heavy atom. The van der Waals surface area contributed by atoms with Gasteiger partial charge in [0.25, 0.3) is 0 Å². The van der Waals surface area contributed by atoms with Gasteiger partial charge in [-0.2, -0.15) is 0 Å². The van der Waals surface area contributed by atoms with Gasteiger partial charge in [-0.1, -0.05) is 42.5 Å². The van der Waals surface area contributed by atoms with Gasteiger partial charge in [-0.05, 0) is 12.8 Å². The fourth-order valence-electron chi connectivity index (χ4n) is 2.99. The standard InChI is InChI=1S/C12H19ClN4.C6H9ClN4/c1-17(2)12-10(11(13)14-8-15-12)16-9-6-4-3-5-7-9;1-11(2)6-4(8)5(7)9-3-10-6/h8-9,16H,3-7H2,1-2H3;3H,8H2,1-2H3. The van der Waals surface area contributed by atoms with Gasteiger partial charge in [0.05, 0.1) is 0 Å². The van der Waals surface area contributed by atoms with E-state index in [-0.39, 0.29) is 0 Å². The number of nitrogens with two attached hydrogens (primary N) is 1. The molecule has 0 radical (unpaired) electrons. The molecule has 0 aliphatic heterocycles. The number of hydrogen-bond acceptors (Lipinski definition) is 8. The molecule has 1 fully saturated rings. The number of hydrogen-bond donors (Lipinski definition) is 2. The summed E-state index contributed by atoms with van der Waals surface area (Å²) >= 11 is 11.8. The van der Waals surface area contributed by atoms with Crippen molar-refractivity contribution in [3.63, 3.8) is 0 Å². The minimum Gasteiger partial charge on any atom is -0.393 e. The van der Waals surface area contributed by atoms with Crippen molar-refractivity contribution in [2.24, 2.45) is 0 Å². The van der Waals surface area contributed by atoms with E-state index in [1.807, 2.05) is 33.1 Å². The molecular weight excluding hydrogens is 399 g/mol. The van der Waals surface area contributed by atoms with Crippen LogP contribution in [0.2, 0.25) is 10.3 Å². The first-order valence-corrected chi connectivity index (χ1v) is 9.94. The fourth-order valence-corrected chi connectivity index (χ4v) is 3.30. The molecule has 0 spiro atoms. The molecule has 3 rings (SSSR count). The molecular formula is C18H28Cl2N8. The first-order chi connectivity index (χ1) is 13.3. The van der Waals surface area contributed by atoms with E-state index in [0.717, 1.165) is 11.5 Å². The van der Waals surface area contributed by atoms with E-state index in [1.54, 1.807) is 4.90 Å². The van der Waals surface area contributed by atoms with Gasteiger partial charge in [0.1, 0.15) is 24.0 Å². The minimum atomic E-state index is 0.295. The number of anilines is 4. The monoisotopic (exact) mass is 426 g/mol. The molecule has 1 aliphatic carbocycles. The highest BCUT2D eigenvalue weighted by Crippen LogP contribution is 2.31. The first-order valence-electron chi connectivity index (χ1n) is 9.19. The quantitative estimate of drug-likeness (QED) is 0.713. The van der Waals surface area contributed by atoms with Crippen molar-refractivity contribution < 1.29 is 0 Å². The Hall–Kier alpha value is -2.06. The normalized spacial score (nSPS) is 14.1. The van der Waals surface area contributed by atoms with Crippen LogP contribution in [0, 0.1) is 0 Å². The van der Waals surface area contributed by atoms with Gasteiger partial charge in [0.2, 0.25) is 0 Å². The lowest BCUT2D eigenvalue weighted by Crippen LogP contribution is -2.24. The predicted octanol–water partition coefficient (Wildman–Crippen LogP) is 3.72. The highest BCUT2D eigenvalue weighted by atomic mass is 35.5. The molecule has 0 aromatic carbocycles. The van der Waals surface area contributed by atoms with Gasteiger partial charge in [0, 0.05) is 34.2 Å². The summed E-state index contributed by atoms with van der Waals surface area (Å²) < 4.78 is 0. The average molecular weight is 427 g/mol. The lowest BCUT2D eigenvalue weighted by Gasteiger charge is -2.26. The minimum absolute atomic E-state index is 0.295. The molecule has 2 heterocycles. The molecule has 0 atom stereocenters. The van der Waals surface area contributed by atoms with Crippen LogP contribution in [0.25, 0.3) is 0 Å². The molecule has 10 heteroatoms. The van der Waals surface area contributed by atoms with Gasteiger partial charge in [-0.25, -0.2) is 19.9 Å². The van der Waals surface area contributed by atoms with Crippen molar-refractivity contribution in [1.29, 1.82) is 0 Å². The Balaban J connectivity index is 0.000000221. The van der Waals surface area contributed by atoms with Crippen molar-refractivity contribution in [2.45, 2.75) is 38.1 Å². The molecule has 1 saturated carbocycles. The van der Waals surface area contributed by atoms with Crippen LogP contribution in [0.3, 0.4) is 0 Å². The van der Waals surface area contributed by atoms with E-state index in [0.29, 0.717) is 27.9 Å². The van der Waals surface area contributed by atoms with Gasteiger partial charge in [-0.15, -0.1) is 0 Å². The van der Waals surface area contributed by atoms with Gasteiger partial charge < -0.3 is 20.9 Å². The Morgan fingerprint density at radius 2 is 1.39 bits per heavy atom. The lowest BCUT2D eigenvalue weighted by atomic mass is 9.95. The van der Waals surface area contributed by atoms with E-state index in [4.69, 9.17) is 28.9 Å². The summed E-state index contributed by atoms with van der Waals surface area (Å²) in [6.45, 7) is 0. The molecule has 0 amide bonds. The zero-order valence-corrected chi connectivity index (χ0v) is 18.3. The Labute approximate surface area is 176 Å². The maximum absolute atomic E-state index is 6.15. The Bertz CT molecular complexity index is 763. The van der Waals surface area contributed by atoms with Gasteiger partial charge in [-0.3, -0.25) is 0 Å². The molecule has 0 unspecified atom stereocenters. The molecule has 154 valence electrons. The summed E-state index contributed by atoms with van der Waals surface area (Å²) in [4.78, 5) is 19.7. The molecule has 2 aromatic heterocycles. The largest absolute Gasteiger partial charge is 0.393 e. The number of nitrogens with zero attached hydrogens (tertiary/aromatic N) is 6. The van der Waals surface area contributed by atoms with Crippen LogP contribution in [-0.4, -0.2) is 54.2 Å². The number of aromatic nitrogens is 4. The Kier molecular flexibility index (Phi) is 8.32. The number of halogens is 2. The van der Waals surface area contributed by atoms with Gasteiger partial charge >= 0.3 is 0 Å². The molecule has 3 N–H and O–H groups in total. The second-order valence-corrected chi connectivity index (χ2v) is 7.75. The van der Waals surface area contributed by atoms with Crippen molar-refractivity contribution >= 4 is 46.2 Å². The topological polar surface area (TPSA) is 96.1 Å². The molecule has 8 nitrogen and oxygen atoms in total. The van der Waals surface area contributed by atoms with Crippen molar-refractivity contribution in [3.8, 4) is 0 Å². The van der Waals surface area contributed by atoms with Crippen molar-refractivity contribution in [3.05, 3.63) is 23.0 Å². The fraction of sp³-hybridized carbons (Fsp3) is 0.556. The van der Waals surface area contributed by atoms with Gasteiger partial charge in [0.15, 0.2) is 21.9 Å². The second-order valence-electron chi connectivity index (χ2n) is 7.03. The average Bonchev–Trinajstić information content (AvgIpc) is 2.66. The summed E-state index contributed by atoms with van der Waals surface area (Å²) in [5.74, 6) is 1.50. The summed E-state index contributed by atoms with van der Waals surface area (Å²) in [6, 6.07) is 0.506. The zero-order valence-electron chi connectivity index (χ0n) is 16.8. The highest BCUT2D eigenvalue weighted by molar-refractivity contribution is 6.32. The summed E-state index contributed by atoms with van der Waals surface area (Å²) in [5, 5.41) is 4.30. The molecule has 2 aromatic rings. The van der Waals surface area contributed by atoms with Crippen LogP contribution >= 0.6 is 23.2 Å². The molecule has 28 heavy (non-hydrogen) atoms. The van der Waals surface area contributed by atoms with E-state index < -0.39 is 0 Å². The zero-order chi connectivity index (χ0) is 20.7. The first kappa shape index (κ1) is 22.2. The number of nitrogens with one attached hydrogen (secondary N) is 1. The third-order valence-electron chi connectivity index (χ3n) is 4.40. The van der Waals surface area contributed by atoms with E-state index in [1.165, 1.54) is 44.8 Å². The van der Waals surface area contributed by atoms with Crippen LogP contribution in [0.1, 0.15) is 32.1 Å². The van der Waals surface area contributed by atoms with Crippen LogP contribution in [0.5, 0.6) is 0 Å². The summed E-state index contributed by atoms with van der Waals surface area (Å²) in [5.41, 5.74) is 6.87. The molecule has 0 saturated heterocycles. The maximum Gasteiger partial charge on any atom is 0.157 e. The second kappa shape index (κ2) is 10.5. The SMILES string of the molecule is CN(C)c1ncnc(Cl)c1N.CN(C)c1ncnc(Cl)c1NC1CCCCC1. The number of rotatable bonds is 4. The van der Waals surface area contributed by atoms with Crippen LogP contribution in [0.4, 0.5) is 23.0 Å². The molecule has 0 bridgehead atoms. The van der Waals surface area contributed by atoms with E-state index >= 15 is 0 Å². The predicted molar refractivity (Wildman–Crippen MR) is 118 cm³/mol. The van der Waals surface area contributed by atoms with Crippen molar-refractivity contribution in [2.75, 3.05) is 49.0 Å².